The summed E-state index contributed by atoms with van der Waals surface area (Å²) in [6.07, 6.45) is 1.80. The van der Waals surface area contributed by atoms with Gasteiger partial charge in [-0.3, -0.25) is 0 Å². The number of halogens is 2. The van der Waals surface area contributed by atoms with Crippen molar-refractivity contribution in [1.29, 1.82) is 0 Å². The van der Waals surface area contributed by atoms with E-state index in [1.165, 1.54) is 6.07 Å². The maximum atomic E-state index is 12.9. The zero-order valence-corrected chi connectivity index (χ0v) is 7.43. The van der Waals surface area contributed by atoms with Crippen molar-refractivity contribution in [1.82, 2.24) is 5.32 Å². The summed E-state index contributed by atoms with van der Waals surface area (Å²) in [5.74, 6) is -1.03. The lowest BCUT2D eigenvalue weighted by molar-refractivity contribution is 0.506. The molecule has 2 nitrogen and oxygen atoms in total. The first-order valence-corrected chi connectivity index (χ1v) is 4.33. The zero-order chi connectivity index (χ0) is 10.1. The highest BCUT2D eigenvalue weighted by molar-refractivity contribution is 5.29. The summed E-state index contributed by atoms with van der Waals surface area (Å²) >= 11 is 0. The zero-order valence-electron chi connectivity index (χ0n) is 7.43. The first kappa shape index (κ1) is 8.99. The lowest BCUT2D eigenvalue weighted by Crippen LogP contribution is -2.16. The molecular formula is C10H10F2N2. The molecule has 1 aliphatic heterocycles. The van der Waals surface area contributed by atoms with E-state index >= 15 is 0 Å². The molecule has 3 N–H and O–H groups in total. The minimum absolute atomic E-state index is 0.0325. The lowest BCUT2D eigenvalue weighted by Gasteiger charge is -2.07. The lowest BCUT2D eigenvalue weighted by atomic mass is 10.0. The van der Waals surface area contributed by atoms with Gasteiger partial charge in [0.25, 0.3) is 0 Å². The predicted molar refractivity (Wildman–Crippen MR) is 49.4 cm³/mol. The Balaban J connectivity index is 2.29. The molecule has 0 bridgehead atoms. The van der Waals surface area contributed by atoms with E-state index < -0.39 is 11.6 Å². The topological polar surface area (TPSA) is 38.0 Å². The van der Waals surface area contributed by atoms with Crippen molar-refractivity contribution in [3.05, 3.63) is 47.3 Å². The average Bonchev–Trinajstić information content (AvgIpc) is 2.57. The smallest absolute Gasteiger partial charge is 0.159 e. The molecule has 0 aliphatic carbocycles. The standard InChI is InChI=1S/C10H10F2N2/c11-8-2-1-6(3-9(8)12)7-4-10(13)14-5-7/h1-4,7,14H,5,13H2/t7-/m1/s1. The van der Waals surface area contributed by atoms with Crippen molar-refractivity contribution in [3.8, 4) is 0 Å². The number of nitrogens with two attached hydrogens (primary N) is 1. The fourth-order valence-electron chi connectivity index (χ4n) is 1.52. The van der Waals surface area contributed by atoms with Gasteiger partial charge in [-0.05, 0) is 23.8 Å². The summed E-state index contributed by atoms with van der Waals surface area (Å²) in [5, 5.41) is 2.92. The van der Waals surface area contributed by atoms with Crippen molar-refractivity contribution < 1.29 is 8.78 Å². The molecule has 0 spiro atoms. The van der Waals surface area contributed by atoms with Crippen LogP contribution in [0.15, 0.2) is 30.1 Å². The van der Waals surface area contributed by atoms with Gasteiger partial charge in [-0.15, -0.1) is 0 Å². The van der Waals surface area contributed by atoms with Gasteiger partial charge in [0.05, 0.1) is 5.82 Å². The summed E-state index contributed by atoms with van der Waals surface area (Å²) < 4.78 is 25.5. The molecule has 0 fully saturated rings. The van der Waals surface area contributed by atoms with Crippen molar-refractivity contribution in [2.75, 3.05) is 6.54 Å². The molecular weight excluding hydrogens is 186 g/mol. The van der Waals surface area contributed by atoms with E-state index in [0.29, 0.717) is 12.4 Å². The van der Waals surface area contributed by atoms with Gasteiger partial charge in [0.15, 0.2) is 11.6 Å². The Morgan fingerprint density at radius 1 is 1.29 bits per heavy atom. The molecule has 4 heteroatoms. The molecule has 1 heterocycles. The number of hydrogen-bond donors (Lipinski definition) is 2. The highest BCUT2D eigenvalue weighted by atomic mass is 19.2. The maximum Gasteiger partial charge on any atom is 0.159 e. The SMILES string of the molecule is NC1=C[C@@H](c2ccc(F)c(F)c2)CN1. The van der Waals surface area contributed by atoms with Crippen molar-refractivity contribution >= 4 is 0 Å². The molecule has 0 saturated heterocycles. The monoisotopic (exact) mass is 196 g/mol. The van der Waals surface area contributed by atoms with Crippen LogP contribution in [0.4, 0.5) is 8.78 Å². The van der Waals surface area contributed by atoms with Crippen LogP contribution >= 0.6 is 0 Å². The molecule has 0 radical (unpaired) electrons. The Morgan fingerprint density at radius 3 is 2.64 bits per heavy atom. The molecule has 14 heavy (non-hydrogen) atoms. The van der Waals surface area contributed by atoms with Crippen LogP contribution < -0.4 is 11.1 Å². The van der Waals surface area contributed by atoms with Crippen LogP contribution in [0.5, 0.6) is 0 Å². The van der Waals surface area contributed by atoms with Crippen LogP contribution in [0.25, 0.3) is 0 Å². The van der Waals surface area contributed by atoms with Crippen LogP contribution in [0, 0.1) is 11.6 Å². The summed E-state index contributed by atoms with van der Waals surface area (Å²) in [4.78, 5) is 0. The van der Waals surface area contributed by atoms with E-state index in [4.69, 9.17) is 5.73 Å². The number of hydrogen-bond acceptors (Lipinski definition) is 2. The van der Waals surface area contributed by atoms with Gasteiger partial charge in [-0.1, -0.05) is 6.07 Å². The number of benzene rings is 1. The minimum atomic E-state index is -0.823. The van der Waals surface area contributed by atoms with Crippen LogP contribution in [0.3, 0.4) is 0 Å². The van der Waals surface area contributed by atoms with Gasteiger partial charge < -0.3 is 11.1 Å². The molecule has 1 aromatic rings. The third-order valence-corrected chi connectivity index (χ3v) is 2.28. The fraction of sp³-hybridized carbons (Fsp3) is 0.200. The van der Waals surface area contributed by atoms with Crippen LogP contribution in [-0.2, 0) is 0 Å². The third kappa shape index (κ3) is 1.55. The molecule has 1 atom stereocenters. The molecule has 0 unspecified atom stereocenters. The maximum absolute atomic E-state index is 12.9. The van der Waals surface area contributed by atoms with E-state index in [1.54, 1.807) is 12.1 Å². The van der Waals surface area contributed by atoms with Gasteiger partial charge in [-0.25, -0.2) is 8.78 Å². The Kier molecular flexibility index (Phi) is 2.11. The number of nitrogens with one attached hydrogen (secondary N) is 1. The number of rotatable bonds is 1. The van der Waals surface area contributed by atoms with E-state index in [2.05, 4.69) is 5.32 Å². The second-order valence-corrected chi connectivity index (χ2v) is 3.28. The summed E-state index contributed by atoms with van der Waals surface area (Å²) in [6.45, 7) is 0.636. The Bertz CT molecular complexity index is 388. The summed E-state index contributed by atoms with van der Waals surface area (Å²) in [7, 11) is 0. The second kappa shape index (κ2) is 3.29. The average molecular weight is 196 g/mol. The Hall–Kier alpha value is -1.58. The van der Waals surface area contributed by atoms with Crippen LogP contribution in [0.1, 0.15) is 11.5 Å². The molecule has 1 aromatic carbocycles. The molecule has 0 aromatic heterocycles. The first-order valence-electron chi connectivity index (χ1n) is 4.33. The van der Waals surface area contributed by atoms with Crippen molar-refractivity contribution in [2.24, 2.45) is 5.73 Å². The van der Waals surface area contributed by atoms with Gasteiger partial charge >= 0.3 is 0 Å². The van der Waals surface area contributed by atoms with E-state index in [0.717, 1.165) is 11.6 Å². The largest absolute Gasteiger partial charge is 0.386 e. The predicted octanol–water partition coefficient (Wildman–Crippen LogP) is 1.45. The Labute approximate surface area is 80.4 Å². The summed E-state index contributed by atoms with van der Waals surface area (Å²) in [5.41, 5.74) is 6.25. The third-order valence-electron chi connectivity index (χ3n) is 2.28. The molecule has 74 valence electrons. The van der Waals surface area contributed by atoms with E-state index in [9.17, 15) is 8.78 Å². The van der Waals surface area contributed by atoms with Gasteiger partial charge in [-0.2, -0.15) is 0 Å². The van der Waals surface area contributed by atoms with Gasteiger partial charge in [0.2, 0.25) is 0 Å². The van der Waals surface area contributed by atoms with E-state index in [1.807, 2.05) is 0 Å². The summed E-state index contributed by atoms with van der Waals surface area (Å²) in [6, 6.07) is 3.91. The van der Waals surface area contributed by atoms with Crippen molar-refractivity contribution in [2.45, 2.75) is 5.92 Å². The molecule has 1 aliphatic rings. The molecule has 0 amide bonds. The quantitative estimate of drug-likeness (QED) is 0.713. The van der Waals surface area contributed by atoms with E-state index in [-0.39, 0.29) is 5.92 Å². The molecule has 2 rings (SSSR count). The van der Waals surface area contributed by atoms with Crippen LogP contribution in [0.2, 0.25) is 0 Å². The molecule has 0 saturated carbocycles. The first-order chi connectivity index (χ1) is 6.66. The van der Waals surface area contributed by atoms with Crippen LogP contribution in [-0.4, -0.2) is 6.54 Å². The fourth-order valence-corrected chi connectivity index (χ4v) is 1.52. The minimum Gasteiger partial charge on any atom is -0.386 e. The van der Waals surface area contributed by atoms with Gasteiger partial charge in [0.1, 0.15) is 0 Å². The highest BCUT2D eigenvalue weighted by Gasteiger charge is 2.16. The second-order valence-electron chi connectivity index (χ2n) is 3.28. The normalized spacial score (nSPS) is 20.4. The highest BCUT2D eigenvalue weighted by Crippen LogP contribution is 2.22. The Morgan fingerprint density at radius 2 is 2.07 bits per heavy atom. The van der Waals surface area contributed by atoms with Crippen molar-refractivity contribution in [3.63, 3.8) is 0 Å². The van der Waals surface area contributed by atoms with Gasteiger partial charge in [0, 0.05) is 12.5 Å².